The van der Waals surface area contributed by atoms with Crippen molar-refractivity contribution in [3.63, 3.8) is 0 Å². The summed E-state index contributed by atoms with van der Waals surface area (Å²) in [5, 5.41) is 0. The first-order valence-electron chi connectivity index (χ1n) is 7.05. The Morgan fingerprint density at radius 1 is 1.29 bits per heavy atom. The van der Waals surface area contributed by atoms with Gasteiger partial charge in [-0.3, -0.25) is 9.20 Å². The third-order valence-electron chi connectivity index (χ3n) is 3.36. The third-order valence-corrected chi connectivity index (χ3v) is 4.05. The second kappa shape index (κ2) is 6.52. The number of aryl methyl sites for hydroxylation is 1. The van der Waals surface area contributed by atoms with Crippen LogP contribution in [0.1, 0.15) is 21.6 Å². The number of benzene rings is 1. The molecule has 0 fully saturated rings. The number of fused-ring (bicyclic) bond motifs is 1. The predicted molar refractivity (Wildman–Crippen MR) is 89.4 cm³/mol. The Morgan fingerprint density at radius 3 is 2.88 bits per heavy atom. The molecule has 0 radical (unpaired) electrons. The van der Waals surface area contributed by atoms with Crippen LogP contribution in [0, 0.1) is 12.7 Å². The number of hydrogen-bond acceptors (Lipinski definition) is 4. The van der Waals surface area contributed by atoms with Crippen LogP contribution in [0.3, 0.4) is 0 Å². The van der Waals surface area contributed by atoms with Gasteiger partial charge in [-0.1, -0.05) is 6.07 Å². The first-order valence-corrected chi connectivity index (χ1v) is 7.84. The highest BCUT2D eigenvalue weighted by Gasteiger charge is 2.13. The summed E-state index contributed by atoms with van der Waals surface area (Å²) in [5.41, 5.74) is 1.53. The van der Waals surface area contributed by atoms with Crippen molar-refractivity contribution in [2.75, 3.05) is 0 Å². The Balaban J connectivity index is 1.83. The van der Waals surface area contributed by atoms with Crippen LogP contribution in [0.25, 0.3) is 5.65 Å². The van der Waals surface area contributed by atoms with E-state index in [1.165, 1.54) is 22.6 Å². The van der Waals surface area contributed by atoms with Gasteiger partial charge in [0, 0.05) is 16.7 Å². The molecule has 0 N–H and O–H groups in total. The fourth-order valence-electron chi connectivity index (χ4n) is 2.20. The first-order chi connectivity index (χ1) is 11.4. The van der Waals surface area contributed by atoms with E-state index in [9.17, 15) is 14.0 Å². The van der Waals surface area contributed by atoms with Crippen LogP contribution in [0.2, 0.25) is 0 Å². The highest BCUT2D eigenvalue weighted by Crippen LogP contribution is 2.19. The lowest BCUT2D eigenvalue weighted by molar-refractivity contribution is 0.0466. The number of hydrogen-bond donors (Lipinski definition) is 0. The average Bonchev–Trinajstić information content (AvgIpc) is 2.55. The second-order valence-electron chi connectivity index (χ2n) is 5.22. The van der Waals surface area contributed by atoms with Crippen molar-refractivity contribution in [1.29, 1.82) is 0 Å². The molecule has 0 spiro atoms. The van der Waals surface area contributed by atoms with Crippen molar-refractivity contribution in [3.8, 4) is 0 Å². The number of carbonyl (C=O) groups excluding carboxylic acids is 1. The maximum absolute atomic E-state index is 13.2. The van der Waals surface area contributed by atoms with Crippen LogP contribution in [-0.4, -0.2) is 15.4 Å². The van der Waals surface area contributed by atoms with Crippen LogP contribution >= 0.6 is 15.9 Å². The zero-order valence-corrected chi connectivity index (χ0v) is 14.2. The van der Waals surface area contributed by atoms with E-state index in [1.54, 1.807) is 12.3 Å². The minimum absolute atomic E-state index is 0.0723. The molecule has 0 saturated heterocycles. The lowest BCUT2D eigenvalue weighted by Gasteiger charge is -2.07. The highest BCUT2D eigenvalue weighted by molar-refractivity contribution is 9.10. The number of aromatic nitrogens is 2. The van der Waals surface area contributed by atoms with Gasteiger partial charge in [0.25, 0.3) is 5.56 Å². The fraction of sp³-hybridized carbons (Fsp3) is 0.118. The molecule has 7 heteroatoms. The molecule has 0 aliphatic rings. The van der Waals surface area contributed by atoms with Crippen molar-refractivity contribution in [2.24, 2.45) is 0 Å². The van der Waals surface area contributed by atoms with Gasteiger partial charge < -0.3 is 4.74 Å². The molecule has 2 aromatic heterocycles. The predicted octanol–water partition coefficient (Wildman–Crippen LogP) is 3.26. The number of pyridine rings is 1. The van der Waals surface area contributed by atoms with Gasteiger partial charge in [-0.05, 0) is 52.7 Å². The molecular weight excluding hydrogens is 379 g/mol. The summed E-state index contributed by atoms with van der Waals surface area (Å²) in [4.78, 5) is 28.4. The van der Waals surface area contributed by atoms with Crippen molar-refractivity contribution in [2.45, 2.75) is 13.5 Å². The van der Waals surface area contributed by atoms with Gasteiger partial charge in [-0.2, -0.15) is 0 Å². The summed E-state index contributed by atoms with van der Waals surface area (Å²) in [6.45, 7) is 1.69. The molecule has 2 heterocycles. The second-order valence-corrected chi connectivity index (χ2v) is 6.08. The molecule has 0 saturated carbocycles. The standard InChI is InChI=1S/C17H12BrFN2O3/c1-10-2-5-15-20-12(7-16(22)21(15)8-10)9-24-17(23)13-6-11(19)3-4-14(13)18/h2-8H,9H2,1H3. The molecule has 1 aromatic carbocycles. The lowest BCUT2D eigenvalue weighted by Crippen LogP contribution is -2.17. The van der Waals surface area contributed by atoms with Crippen LogP contribution < -0.4 is 5.56 Å². The summed E-state index contributed by atoms with van der Waals surface area (Å²) in [7, 11) is 0. The highest BCUT2D eigenvalue weighted by atomic mass is 79.9. The summed E-state index contributed by atoms with van der Waals surface area (Å²) < 4.78 is 20.2. The summed E-state index contributed by atoms with van der Waals surface area (Å²) in [6, 6.07) is 8.59. The van der Waals surface area contributed by atoms with E-state index in [-0.39, 0.29) is 17.7 Å². The molecule has 3 aromatic rings. The molecule has 0 amide bonds. The maximum atomic E-state index is 13.2. The number of esters is 1. The van der Waals surface area contributed by atoms with Gasteiger partial charge in [0.15, 0.2) is 0 Å². The smallest absolute Gasteiger partial charge is 0.339 e. The van der Waals surface area contributed by atoms with Crippen molar-refractivity contribution >= 4 is 27.5 Å². The average molecular weight is 391 g/mol. The molecule has 3 rings (SSSR count). The van der Waals surface area contributed by atoms with Crippen LogP contribution in [0.4, 0.5) is 4.39 Å². The van der Waals surface area contributed by atoms with Gasteiger partial charge in [0.1, 0.15) is 18.1 Å². The summed E-state index contributed by atoms with van der Waals surface area (Å²) >= 11 is 3.17. The maximum Gasteiger partial charge on any atom is 0.339 e. The normalized spacial score (nSPS) is 10.8. The van der Waals surface area contributed by atoms with Crippen LogP contribution in [-0.2, 0) is 11.3 Å². The van der Waals surface area contributed by atoms with Crippen molar-refractivity contribution in [1.82, 2.24) is 9.38 Å². The van der Waals surface area contributed by atoms with E-state index in [2.05, 4.69) is 20.9 Å². The zero-order chi connectivity index (χ0) is 17.3. The van der Waals surface area contributed by atoms with Gasteiger partial charge >= 0.3 is 5.97 Å². The molecule has 0 aliphatic heterocycles. The topological polar surface area (TPSA) is 60.7 Å². The van der Waals surface area contributed by atoms with E-state index in [0.717, 1.165) is 11.6 Å². The largest absolute Gasteiger partial charge is 0.456 e. The molecular formula is C17H12BrFN2O3. The minimum atomic E-state index is -0.702. The summed E-state index contributed by atoms with van der Waals surface area (Å²) in [6.07, 6.45) is 1.68. The molecule has 122 valence electrons. The minimum Gasteiger partial charge on any atom is -0.456 e. The van der Waals surface area contributed by atoms with Crippen molar-refractivity contribution in [3.05, 3.63) is 80.1 Å². The number of carbonyl (C=O) groups is 1. The molecule has 0 bridgehead atoms. The number of nitrogens with zero attached hydrogens (tertiary/aromatic N) is 2. The van der Waals surface area contributed by atoms with E-state index in [4.69, 9.17) is 4.74 Å². The lowest BCUT2D eigenvalue weighted by atomic mass is 10.2. The Bertz CT molecular complexity index is 1000. The molecule has 0 atom stereocenters. The Labute approximate surface area is 144 Å². The SMILES string of the molecule is Cc1ccc2nc(COC(=O)c3cc(F)ccc3Br)cc(=O)n2c1. The molecule has 24 heavy (non-hydrogen) atoms. The fourth-order valence-corrected chi connectivity index (χ4v) is 2.61. The molecule has 5 nitrogen and oxygen atoms in total. The molecule has 0 aliphatic carbocycles. The first kappa shape index (κ1) is 16.3. The van der Waals surface area contributed by atoms with Crippen LogP contribution in [0.5, 0.6) is 0 Å². The number of ether oxygens (including phenoxy) is 1. The van der Waals surface area contributed by atoms with Crippen LogP contribution in [0.15, 0.2) is 51.9 Å². The van der Waals surface area contributed by atoms with Gasteiger partial charge in [-0.15, -0.1) is 0 Å². The monoisotopic (exact) mass is 390 g/mol. The Kier molecular flexibility index (Phi) is 4.44. The molecule has 0 unspecified atom stereocenters. The zero-order valence-electron chi connectivity index (χ0n) is 12.6. The van der Waals surface area contributed by atoms with Crippen molar-refractivity contribution < 1.29 is 13.9 Å². The van der Waals surface area contributed by atoms with E-state index < -0.39 is 11.8 Å². The van der Waals surface area contributed by atoms with Gasteiger partial charge in [0.05, 0.1) is 11.3 Å². The Morgan fingerprint density at radius 2 is 2.08 bits per heavy atom. The van der Waals surface area contributed by atoms with E-state index in [1.807, 2.05) is 13.0 Å². The Hall–Kier alpha value is -2.54. The number of rotatable bonds is 3. The number of halogens is 2. The quantitative estimate of drug-likeness (QED) is 0.644. The van der Waals surface area contributed by atoms with Gasteiger partial charge in [0.2, 0.25) is 0 Å². The summed E-state index contributed by atoms with van der Waals surface area (Å²) in [5.74, 6) is -1.24. The van der Waals surface area contributed by atoms with E-state index >= 15 is 0 Å². The van der Waals surface area contributed by atoms with Gasteiger partial charge in [-0.25, -0.2) is 14.2 Å². The third kappa shape index (κ3) is 3.35. The van der Waals surface area contributed by atoms with E-state index in [0.29, 0.717) is 15.8 Å².